The van der Waals surface area contributed by atoms with Crippen LogP contribution in [0.1, 0.15) is 6.92 Å². The third-order valence-electron chi connectivity index (χ3n) is 2.02. The lowest BCUT2D eigenvalue weighted by Crippen LogP contribution is -2.38. The molecule has 0 radical (unpaired) electrons. The average molecular weight is 244 g/mol. The Morgan fingerprint density at radius 2 is 2.18 bits per heavy atom. The summed E-state index contributed by atoms with van der Waals surface area (Å²) in [5.74, 6) is -2.24. The molecule has 1 unspecified atom stereocenters. The fraction of sp³-hybridized carbons (Fsp3) is 0.364. The lowest BCUT2D eigenvalue weighted by atomic mass is 10.3. The molecule has 0 aliphatic carbocycles. The molecule has 0 aliphatic heterocycles. The van der Waals surface area contributed by atoms with Gasteiger partial charge in [0.05, 0.1) is 0 Å². The smallest absolute Gasteiger partial charge is 0.260 e. The van der Waals surface area contributed by atoms with Crippen LogP contribution in [-0.2, 0) is 4.79 Å². The topological polar surface area (TPSA) is 64.3 Å². The van der Waals surface area contributed by atoms with Crippen molar-refractivity contribution in [3.63, 3.8) is 0 Å². The zero-order valence-corrected chi connectivity index (χ0v) is 9.37. The zero-order chi connectivity index (χ0) is 12.8. The molecule has 0 fully saturated rings. The maximum absolute atomic E-state index is 12.9. The van der Waals surface area contributed by atoms with E-state index in [1.165, 1.54) is 13.0 Å². The predicted octanol–water partition coefficient (Wildman–Crippen LogP) is 0.807. The van der Waals surface area contributed by atoms with E-state index in [0.717, 1.165) is 12.1 Å². The van der Waals surface area contributed by atoms with Crippen LogP contribution in [0.3, 0.4) is 0 Å². The number of hydrogen-bond acceptors (Lipinski definition) is 3. The highest BCUT2D eigenvalue weighted by atomic mass is 19.2. The van der Waals surface area contributed by atoms with Crippen molar-refractivity contribution < 1.29 is 18.3 Å². The summed E-state index contributed by atoms with van der Waals surface area (Å²) in [6, 6.07) is 3.09. The summed E-state index contributed by atoms with van der Waals surface area (Å²) in [6.45, 7) is 2.17. The van der Waals surface area contributed by atoms with Crippen LogP contribution in [0.4, 0.5) is 8.78 Å². The fourth-order valence-electron chi connectivity index (χ4n) is 1.15. The van der Waals surface area contributed by atoms with Gasteiger partial charge in [-0.3, -0.25) is 4.79 Å². The number of nitrogens with one attached hydrogen (secondary N) is 1. The lowest BCUT2D eigenvalue weighted by molar-refractivity contribution is -0.127. The molecule has 1 aromatic carbocycles. The van der Waals surface area contributed by atoms with Crippen molar-refractivity contribution in [2.45, 2.75) is 13.0 Å². The first-order chi connectivity index (χ1) is 8.04. The van der Waals surface area contributed by atoms with Crippen molar-refractivity contribution in [1.29, 1.82) is 0 Å². The molecule has 1 aromatic rings. The first-order valence-corrected chi connectivity index (χ1v) is 5.14. The Morgan fingerprint density at radius 1 is 1.47 bits per heavy atom. The van der Waals surface area contributed by atoms with Crippen LogP contribution >= 0.6 is 0 Å². The summed E-state index contributed by atoms with van der Waals surface area (Å²) in [4.78, 5) is 11.4. The maximum Gasteiger partial charge on any atom is 0.260 e. The maximum atomic E-state index is 12.9. The average Bonchev–Trinajstić information content (AvgIpc) is 2.30. The van der Waals surface area contributed by atoms with Gasteiger partial charge >= 0.3 is 0 Å². The van der Waals surface area contributed by atoms with Gasteiger partial charge in [-0.2, -0.15) is 0 Å². The quantitative estimate of drug-likeness (QED) is 0.805. The molecule has 0 saturated carbocycles. The number of amides is 1. The summed E-state index contributed by atoms with van der Waals surface area (Å²) in [7, 11) is 0. The Bertz CT molecular complexity index is 399. The Labute approximate surface area is 97.8 Å². The van der Waals surface area contributed by atoms with Crippen molar-refractivity contribution in [2.24, 2.45) is 5.73 Å². The van der Waals surface area contributed by atoms with Crippen LogP contribution in [0.2, 0.25) is 0 Å². The van der Waals surface area contributed by atoms with Crippen molar-refractivity contribution in [2.75, 3.05) is 13.1 Å². The standard InChI is InChI=1S/C11H14F2N2O2/c1-7(11(16)15-5-4-14)17-8-2-3-9(12)10(13)6-8/h2-3,6-7H,4-5,14H2,1H3,(H,15,16). The molecule has 17 heavy (non-hydrogen) atoms. The second-order valence-corrected chi connectivity index (χ2v) is 3.42. The van der Waals surface area contributed by atoms with Gasteiger partial charge in [0.25, 0.3) is 5.91 Å². The van der Waals surface area contributed by atoms with Crippen LogP contribution in [0.15, 0.2) is 18.2 Å². The highest BCUT2D eigenvalue weighted by molar-refractivity contribution is 5.80. The number of hydrogen-bond donors (Lipinski definition) is 2. The first-order valence-electron chi connectivity index (χ1n) is 5.14. The van der Waals surface area contributed by atoms with E-state index < -0.39 is 17.7 Å². The highest BCUT2D eigenvalue weighted by Crippen LogP contribution is 2.16. The summed E-state index contributed by atoms with van der Waals surface area (Å²) in [5, 5.41) is 2.52. The second-order valence-electron chi connectivity index (χ2n) is 3.42. The fourth-order valence-corrected chi connectivity index (χ4v) is 1.15. The molecule has 0 aliphatic rings. The van der Waals surface area contributed by atoms with Crippen molar-refractivity contribution in [1.82, 2.24) is 5.32 Å². The van der Waals surface area contributed by atoms with Crippen LogP contribution < -0.4 is 15.8 Å². The van der Waals surface area contributed by atoms with Crippen molar-refractivity contribution in [3.05, 3.63) is 29.8 Å². The minimum absolute atomic E-state index is 0.0966. The SMILES string of the molecule is CC(Oc1ccc(F)c(F)c1)C(=O)NCCN. The summed E-state index contributed by atoms with van der Waals surface area (Å²) < 4.78 is 30.6. The second kappa shape index (κ2) is 6.15. The van der Waals surface area contributed by atoms with E-state index >= 15 is 0 Å². The van der Waals surface area contributed by atoms with Crippen LogP contribution in [0.5, 0.6) is 5.75 Å². The number of benzene rings is 1. The molecule has 0 saturated heterocycles. The highest BCUT2D eigenvalue weighted by Gasteiger charge is 2.14. The Hall–Kier alpha value is -1.69. The normalized spacial score (nSPS) is 12.0. The van der Waals surface area contributed by atoms with Crippen LogP contribution in [0, 0.1) is 11.6 Å². The number of halogens is 2. The number of carbonyl (C=O) groups is 1. The van der Waals surface area contributed by atoms with E-state index in [1.54, 1.807) is 0 Å². The van der Waals surface area contributed by atoms with E-state index in [-0.39, 0.29) is 11.7 Å². The number of carbonyl (C=O) groups excluding carboxylic acids is 1. The van der Waals surface area contributed by atoms with E-state index in [0.29, 0.717) is 13.1 Å². The molecule has 0 heterocycles. The molecule has 1 atom stereocenters. The van der Waals surface area contributed by atoms with E-state index in [4.69, 9.17) is 10.5 Å². The van der Waals surface area contributed by atoms with Gasteiger partial charge in [-0.25, -0.2) is 8.78 Å². The van der Waals surface area contributed by atoms with E-state index in [1.807, 2.05) is 0 Å². The van der Waals surface area contributed by atoms with Gasteiger partial charge in [0.2, 0.25) is 0 Å². The summed E-state index contributed by atoms with van der Waals surface area (Å²) in [5.41, 5.74) is 5.22. The van der Waals surface area contributed by atoms with Gasteiger partial charge in [-0.05, 0) is 19.1 Å². The van der Waals surface area contributed by atoms with Crippen LogP contribution in [-0.4, -0.2) is 25.1 Å². The van der Waals surface area contributed by atoms with Crippen molar-refractivity contribution >= 4 is 5.91 Å². The molecular weight excluding hydrogens is 230 g/mol. The van der Waals surface area contributed by atoms with Crippen molar-refractivity contribution in [3.8, 4) is 5.75 Å². The minimum atomic E-state index is -1.02. The number of nitrogens with two attached hydrogens (primary N) is 1. The molecule has 1 rings (SSSR count). The van der Waals surface area contributed by atoms with Crippen LogP contribution in [0.25, 0.3) is 0 Å². The van der Waals surface area contributed by atoms with Gasteiger partial charge in [-0.1, -0.05) is 0 Å². The Kier molecular flexibility index (Phi) is 4.84. The third kappa shape index (κ3) is 3.99. The largest absolute Gasteiger partial charge is 0.481 e. The molecule has 94 valence electrons. The predicted molar refractivity (Wildman–Crippen MR) is 58.5 cm³/mol. The van der Waals surface area contributed by atoms with Gasteiger partial charge in [0.1, 0.15) is 5.75 Å². The first kappa shape index (κ1) is 13.4. The Balaban J connectivity index is 2.58. The van der Waals surface area contributed by atoms with Gasteiger partial charge in [0.15, 0.2) is 17.7 Å². The minimum Gasteiger partial charge on any atom is -0.481 e. The molecule has 4 nitrogen and oxygen atoms in total. The molecule has 0 aromatic heterocycles. The third-order valence-corrected chi connectivity index (χ3v) is 2.02. The molecule has 0 spiro atoms. The molecule has 1 amide bonds. The van der Waals surface area contributed by atoms with Gasteiger partial charge < -0.3 is 15.8 Å². The summed E-state index contributed by atoms with van der Waals surface area (Å²) in [6.07, 6.45) is -0.800. The molecule has 3 N–H and O–H groups in total. The van der Waals surface area contributed by atoms with Gasteiger partial charge in [0, 0.05) is 19.2 Å². The monoisotopic (exact) mass is 244 g/mol. The molecule has 0 bridgehead atoms. The molecular formula is C11H14F2N2O2. The number of ether oxygens (including phenoxy) is 1. The lowest BCUT2D eigenvalue weighted by Gasteiger charge is -2.14. The van der Waals surface area contributed by atoms with E-state index in [2.05, 4.69) is 5.32 Å². The number of rotatable bonds is 5. The molecule has 6 heteroatoms. The zero-order valence-electron chi connectivity index (χ0n) is 9.37. The van der Waals surface area contributed by atoms with E-state index in [9.17, 15) is 13.6 Å². The summed E-state index contributed by atoms with van der Waals surface area (Å²) >= 11 is 0. The Morgan fingerprint density at radius 3 is 2.76 bits per heavy atom. The van der Waals surface area contributed by atoms with Gasteiger partial charge in [-0.15, -0.1) is 0 Å².